The van der Waals surface area contributed by atoms with E-state index in [9.17, 15) is 23.1 Å². The van der Waals surface area contributed by atoms with Gasteiger partial charge in [0, 0.05) is 17.5 Å². The Balaban J connectivity index is 2.46. The Labute approximate surface area is 154 Å². The van der Waals surface area contributed by atoms with Crippen LogP contribution in [0, 0.1) is 35.5 Å². The molecule has 0 bridgehead atoms. The van der Waals surface area contributed by atoms with Crippen LogP contribution in [0.15, 0.2) is 36.4 Å². The summed E-state index contributed by atoms with van der Waals surface area (Å²) in [7, 11) is 0. The first-order valence-corrected chi connectivity index (χ1v) is 7.69. The summed E-state index contributed by atoms with van der Waals surface area (Å²) in [6.07, 6.45) is 0.604. The maximum atomic E-state index is 13.1. The molecule has 0 radical (unpaired) electrons. The molecule has 2 aromatic rings. The van der Waals surface area contributed by atoms with Gasteiger partial charge in [0.25, 0.3) is 0 Å². The summed E-state index contributed by atoms with van der Waals surface area (Å²) in [4.78, 5) is 11.3. The molecule has 0 aliphatic rings. The Morgan fingerprint density at radius 1 is 1.11 bits per heavy atom. The van der Waals surface area contributed by atoms with Gasteiger partial charge in [-0.15, -0.1) is 6.42 Å². The minimum absolute atomic E-state index is 0.0348. The molecule has 1 N–H and O–H groups in total. The van der Waals surface area contributed by atoms with Crippen LogP contribution in [0.4, 0.5) is 13.2 Å². The van der Waals surface area contributed by atoms with E-state index in [1.807, 2.05) is 12.0 Å². The first kappa shape index (κ1) is 19.6. The number of nitrogens with zero attached hydrogens (tertiary/aromatic N) is 1. The highest BCUT2D eigenvalue weighted by atomic mass is 19.4. The maximum absolute atomic E-state index is 13.1. The number of aromatic hydroxyl groups is 1. The molecule has 0 heterocycles. The fourth-order valence-corrected chi connectivity index (χ4v) is 2.32. The largest absolute Gasteiger partial charge is 0.508 e. The van der Waals surface area contributed by atoms with Gasteiger partial charge in [0.05, 0.1) is 17.2 Å². The molecule has 0 saturated heterocycles. The number of hydrogen-bond acceptors (Lipinski definition) is 3. The number of terminal acetylenes is 1. The highest BCUT2D eigenvalue weighted by Gasteiger charge is 2.33. The van der Waals surface area contributed by atoms with E-state index in [4.69, 9.17) is 11.7 Å². The smallest absolute Gasteiger partial charge is 0.417 e. The van der Waals surface area contributed by atoms with Crippen molar-refractivity contribution in [1.29, 1.82) is 5.26 Å². The number of aryl methyl sites for hydroxylation is 1. The molecule has 0 spiro atoms. The van der Waals surface area contributed by atoms with Crippen LogP contribution in [-0.2, 0) is 17.4 Å². The normalized spacial score (nSPS) is 10.3. The number of phenolic OH excluding ortho intramolecular Hbond substituents is 1. The third-order valence-electron chi connectivity index (χ3n) is 3.66. The quantitative estimate of drug-likeness (QED) is 0.663. The van der Waals surface area contributed by atoms with Gasteiger partial charge in [-0.2, -0.15) is 18.4 Å². The summed E-state index contributed by atoms with van der Waals surface area (Å²) in [6.45, 7) is 0. The monoisotopic (exact) mass is 367 g/mol. The van der Waals surface area contributed by atoms with Gasteiger partial charge in [0.15, 0.2) is 0 Å². The molecule has 0 fully saturated rings. The predicted octanol–water partition coefficient (Wildman–Crippen LogP) is 3.82. The Hall–Kier alpha value is -3.69. The molecule has 6 heteroatoms. The summed E-state index contributed by atoms with van der Waals surface area (Å²) in [5.41, 5.74) is -0.0788. The molecule has 2 rings (SSSR count). The fourth-order valence-electron chi connectivity index (χ4n) is 2.32. The molecule has 0 saturated carbocycles. The van der Waals surface area contributed by atoms with Crippen molar-refractivity contribution in [2.24, 2.45) is 0 Å². The van der Waals surface area contributed by atoms with Crippen molar-refractivity contribution in [3.05, 3.63) is 64.2 Å². The molecule has 0 unspecified atom stereocenters. The summed E-state index contributed by atoms with van der Waals surface area (Å²) >= 11 is 0. The third kappa shape index (κ3) is 5.14. The van der Waals surface area contributed by atoms with Gasteiger partial charge >= 0.3 is 6.18 Å². The molecule has 0 aromatic heterocycles. The molecule has 27 heavy (non-hydrogen) atoms. The van der Waals surface area contributed by atoms with Gasteiger partial charge in [0.1, 0.15) is 5.75 Å². The van der Waals surface area contributed by atoms with Crippen LogP contribution < -0.4 is 0 Å². The van der Waals surface area contributed by atoms with Crippen molar-refractivity contribution in [2.75, 3.05) is 0 Å². The van der Waals surface area contributed by atoms with Crippen molar-refractivity contribution < 1.29 is 23.1 Å². The van der Waals surface area contributed by atoms with E-state index in [1.165, 1.54) is 18.2 Å². The number of Topliss-reactive ketones (excluding diaryl/α,β-unsaturated/α-hetero) is 1. The highest BCUT2D eigenvalue weighted by molar-refractivity contribution is 5.94. The molecular formula is C21H12F3NO2. The number of benzene rings is 2. The summed E-state index contributed by atoms with van der Waals surface area (Å²) in [6, 6.07) is 9.27. The number of hydrogen-bond donors (Lipinski definition) is 1. The number of carbonyl (C=O) groups excluding carboxylic acids is 1. The minimum Gasteiger partial charge on any atom is -0.508 e. The second-order valence-corrected chi connectivity index (χ2v) is 5.53. The van der Waals surface area contributed by atoms with E-state index < -0.39 is 23.3 Å². The summed E-state index contributed by atoms with van der Waals surface area (Å²) in [5.74, 6) is 6.15. The van der Waals surface area contributed by atoms with Crippen LogP contribution in [-0.4, -0.2) is 10.9 Å². The lowest BCUT2D eigenvalue weighted by molar-refractivity contribution is -0.137. The predicted molar refractivity (Wildman–Crippen MR) is 92.4 cm³/mol. The number of halogens is 3. The van der Waals surface area contributed by atoms with Crippen molar-refractivity contribution in [3.8, 4) is 36.0 Å². The van der Waals surface area contributed by atoms with Crippen LogP contribution >= 0.6 is 0 Å². The molecule has 2 aromatic carbocycles. The topological polar surface area (TPSA) is 61.1 Å². The maximum Gasteiger partial charge on any atom is 0.417 e. The first-order valence-electron chi connectivity index (χ1n) is 7.69. The Kier molecular flexibility index (Phi) is 5.91. The van der Waals surface area contributed by atoms with E-state index in [0.717, 1.165) is 12.1 Å². The zero-order valence-corrected chi connectivity index (χ0v) is 13.9. The molecule has 0 atom stereocenters. The van der Waals surface area contributed by atoms with Gasteiger partial charge < -0.3 is 5.11 Å². The van der Waals surface area contributed by atoms with E-state index in [1.54, 1.807) is 0 Å². The van der Waals surface area contributed by atoms with Crippen molar-refractivity contribution in [1.82, 2.24) is 0 Å². The Morgan fingerprint density at radius 3 is 2.41 bits per heavy atom. The van der Waals surface area contributed by atoms with Gasteiger partial charge in [-0.3, -0.25) is 4.79 Å². The summed E-state index contributed by atoms with van der Waals surface area (Å²) < 4.78 is 39.3. The zero-order chi connectivity index (χ0) is 20.0. The zero-order valence-electron chi connectivity index (χ0n) is 13.9. The second-order valence-electron chi connectivity index (χ2n) is 5.53. The molecular weight excluding hydrogens is 355 g/mol. The number of nitriles is 1. The van der Waals surface area contributed by atoms with Gasteiger partial charge in [-0.25, -0.2) is 0 Å². The Bertz CT molecular complexity index is 1030. The highest BCUT2D eigenvalue weighted by Crippen LogP contribution is 2.33. The van der Waals surface area contributed by atoms with E-state index >= 15 is 0 Å². The molecule has 0 amide bonds. The lowest BCUT2D eigenvalue weighted by Crippen LogP contribution is -2.07. The molecule has 3 nitrogen and oxygen atoms in total. The molecule has 0 aliphatic heterocycles. The van der Waals surface area contributed by atoms with Crippen molar-refractivity contribution in [3.63, 3.8) is 0 Å². The standard InChI is InChI=1S/C21H12F3NO2/c1-2-18(26)9-8-17-11-14(13-25)3-4-15(17)5-6-16-7-10-19(27)12-20(16)21(22,23)24/h1,3-4,7,10-12,27H,8-9H2. The average molecular weight is 367 g/mol. The van der Waals surface area contributed by atoms with E-state index in [-0.39, 0.29) is 18.4 Å². The van der Waals surface area contributed by atoms with Crippen LogP contribution in [0.1, 0.15) is 34.2 Å². The lowest BCUT2D eigenvalue weighted by atomic mass is 9.98. The third-order valence-corrected chi connectivity index (χ3v) is 3.66. The number of rotatable bonds is 3. The van der Waals surface area contributed by atoms with Crippen LogP contribution in [0.25, 0.3) is 0 Å². The number of phenols is 1. The van der Waals surface area contributed by atoms with Crippen molar-refractivity contribution >= 4 is 5.78 Å². The van der Waals surface area contributed by atoms with Gasteiger partial charge in [0.2, 0.25) is 5.78 Å². The van der Waals surface area contributed by atoms with Crippen LogP contribution in [0.3, 0.4) is 0 Å². The fraction of sp³-hybridized carbons (Fsp3) is 0.143. The number of ketones is 1. The van der Waals surface area contributed by atoms with E-state index in [0.29, 0.717) is 22.8 Å². The van der Waals surface area contributed by atoms with Crippen LogP contribution in [0.2, 0.25) is 0 Å². The van der Waals surface area contributed by atoms with Crippen LogP contribution in [0.5, 0.6) is 5.75 Å². The second kappa shape index (κ2) is 8.13. The number of alkyl halides is 3. The minimum atomic E-state index is -4.67. The van der Waals surface area contributed by atoms with E-state index in [2.05, 4.69) is 11.8 Å². The SMILES string of the molecule is C#CC(=O)CCc1cc(C#N)ccc1C#Cc1ccc(O)cc1C(F)(F)F. The first-order chi connectivity index (χ1) is 12.7. The van der Waals surface area contributed by atoms with Gasteiger partial charge in [-0.1, -0.05) is 11.8 Å². The molecule has 134 valence electrons. The average Bonchev–Trinajstić information content (AvgIpc) is 2.64. The van der Waals surface area contributed by atoms with Crippen molar-refractivity contribution in [2.45, 2.75) is 19.0 Å². The summed E-state index contributed by atoms with van der Waals surface area (Å²) in [5, 5.41) is 18.3. The molecule has 0 aliphatic carbocycles. The lowest BCUT2D eigenvalue weighted by Gasteiger charge is -2.09. The number of carbonyl (C=O) groups is 1. The Morgan fingerprint density at radius 2 is 1.78 bits per heavy atom. The van der Waals surface area contributed by atoms with Gasteiger partial charge in [-0.05, 0) is 54.3 Å².